The van der Waals surface area contributed by atoms with Crippen LogP contribution < -0.4 is 10.2 Å². The van der Waals surface area contributed by atoms with E-state index in [1.165, 1.54) is 36.3 Å². The lowest BCUT2D eigenvalue weighted by atomic mass is 9.90. The topological polar surface area (TPSA) is 65.5 Å². The molecule has 1 saturated carbocycles. The maximum absolute atomic E-state index is 12.9. The number of aromatic nitrogens is 1. The van der Waals surface area contributed by atoms with Crippen LogP contribution in [0.4, 0.5) is 5.13 Å². The Bertz CT molecular complexity index is 718. The molecule has 0 spiro atoms. The third-order valence-corrected chi connectivity index (χ3v) is 7.89. The average Bonchev–Trinajstić information content (AvgIpc) is 3.02. The minimum Gasteiger partial charge on any atom is -0.353 e. The normalized spacial score (nSPS) is 23.4. The van der Waals surface area contributed by atoms with Crippen LogP contribution in [0.15, 0.2) is 0 Å². The fourth-order valence-electron chi connectivity index (χ4n) is 4.83. The number of hydrogen-bond donors (Lipinski definition) is 1. The molecule has 29 heavy (non-hydrogen) atoms. The second-order valence-corrected chi connectivity index (χ2v) is 9.79. The summed E-state index contributed by atoms with van der Waals surface area (Å²) < 4.78 is 0. The fourth-order valence-corrected chi connectivity index (χ4v) is 6.07. The number of nitrogens with zero attached hydrogens (tertiary/aromatic N) is 3. The van der Waals surface area contributed by atoms with Gasteiger partial charge in [0.1, 0.15) is 0 Å². The van der Waals surface area contributed by atoms with Gasteiger partial charge in [0, 0.05) is 49.4 Å². The zero-order valence-electron chi connectivity index (χ0n) is 17.6. The number of nitrogens with one attached hydrogen (secondary N) is 1. The average molecular weight is 419 g/mol. The molecule has 1 aromatic heterocycles. The lowest BCUT2D eigenvalue weighted by Gasteiger charge is -2.34. The lowest BCUT2D eigenvalue weighted by molar-refractivity contribution is -0.131. The molecule has 1 atom stereocenters. The van der Waals surface area contributed by atoms with Crippen molar-refractivity contribution in [3.05, 3.63) is 10.6 Å². The first kappa shape index (κ1) is 20.6. The summed E-state index contributed by atoms with van der Waals surface area (Å²) in [5, 5.41) is 4.42. The molecule has 1 saturated heterocycles. The minimum absolute atomic E-state index is 0.0954. The summed E-state index contributed by atoms with van der Waals surface area (Å²) in [6.45, 7) is 5.19. The Morgan fingerprint density at radius 3 is 2.48 bits per heavy atom. The predicted molar refractivity (Wildman–Crippen MR) is 116 cm³/mol. The monoisotopic (exact) mass is 418 g/mol. The number of anilines is 1. The molecule has 0 aromatic carbocycles. The zero-order chi connectivity index (χ0) is 20.2. The van der Waals surface area contributed by atoms with E-state index < -0.39 is 0 Å². The first-order valence-corrected chi connectivity index (χ1v) is 12.3. The number of amides is 2. The molecule has 2 heterocycles. The highest BCUT2D eigenvalue weighted by molar-refractivity contribution is 7.15. The molecule has 2 fully saturated rings. The van der Waals surface area contributed by atoms with E-state index in [-0.39, 0.29) is 17.7 Å². The van der Waals surface area contributed by atoms with E-state index in [1.807, 2.05) is 11.8 Å². The van der Waals surface area contributed by atoms with Gasteiger partial charge in [-0.15, -0.1) is 11.3 Å². The third-order valence-electron chi connectivity index (χ3n) is 6.71. The van der Waals surface area contributed by atoms with E-state index >= 15 is 0 Å². The Labute approximate surface area is 178 Å². The van der Waals surface area contributed by atoms with Gasteiger partial charge < -0.3 is 15.1 Å². The van der Waals surface area contributed by atoms with Crippen LogP contribution in [-0.2, 0) is 22.4 Å². The highest BCUT2D eigenvalue weighted by atomic mass is 32.1. The molecule has 7 heteroatoms. The van der Waals surface area contributed by atoms with E-state index in [0.717, 1.165) is 63.4 Å². The highest BCUT2D eigenvalue weighted by Gasteiger charge is 2.30. The first-order valence-electron chi connectivity index (χ1n) is 11.5. The van der Waals surface area contributed by atoms with Crippen molar-refractivity contribution in [2.45, 2.75) is 77.2 Å². The molecular formula is C22H34N4O2S. The second-order valence-electron chi connectivity index (χ2n) is 8.72. The zero-order valence-corrected chi connectivity index (χ0v) is 18.4. The molecule has 3 aliphatic rings. The molecule has 2 amide bonds. The number of hydrogen-bond acceptors (Lipinski definition) is 5. The molecule has 1 aromatic rings. The summed E-state index contributed by atoms with van der Waals surface area (Å²) >= 11 is 1.76. The fraction of sp³-hybridized carbons (Fsp3) is 0.773. The first-order chi connectivity index (χ1) is 14.1. The van der Waals surface area contributed by atoms with Crippen molar-refractivity contribution in [1.82, 2.24) is 15.2 Å². The van der Waals surface area contributed by atoms with E-state index in [0.29, 0.717) is 12.5 Å². The van der Waals surface area contributed by atoms with Crippen molar-refractivity contribution >= 4 is 28.3 Å². The lowest BCUT2D eigenvalue weighted by Crippen LogP contribution is -2.48. The van der Waals surface area contributed by atoms with Crippen LogP contribution in [0.1, 0.15) is 68.9 Å². The predicted octanol–water partition coefficient (Wildman–Crippen LogP) is 3.15. The van der Waals surface area contributed by atoms with Crippen molar-refractivity contribution < 1.29 is 9.59 Å². The quantitative estimate of drug-likeness (QED) is 0.763. The smallest absolute Gasteiger partial charge is 0.223 e. The standard InChI is InChI=1S/C22H34N4O2S/c1-2-20(27)25-11-13-26(14-12-25)22-24-18-10-9-16(15-19(18)29-22)21(28)23-17-7-5-3-4-6-8-17/h16-17H,2-15H2,1H3,(H,23,28)/t16-/m0/s1. The molecule has 0 bridgehead atoms. The van der Waals surface area contributed by atoms with Crippen LogP contribution in [0.2, 0.25) is 0 Å². The largest absolute Gasteiger partial charge is 0.353 e. The number of piperazine rings is 1. The molecule has 0 unspecified atom stereocenters. The Hall–Kier alpha value is -1.63. The van der Waals surface area contributed by atoms with Gasteiger partial charge in [0.15, 0.2) is 5.13 Å². The van der Waals surface area contributed by atoms with Crippen molar-refractivity contribution in [2.75, 3.05) is 31.1 Å². The maximum atomic E-state index is 12.9. The minimum atomic E-state index is 0.0954. The van der Waals surface area contributed by atoms with Crippen LogP contribution in [0.5, 0.6) is 0 Å². The van der Waals surface area contributed by atoms with Crippen molar-refractivity contribution in [2.24, 2.45) is 5.92 Å². The summed E-state index contributed by atoms with van der Waals surface area (Å²) in [6.07, 6.45) is 10.6. The van der Waals surface area contributed by atoms with E-state index in [1.54, 1.807) is 11.3 Å². The second kappa shape index (κ2) is 9.45. The molecule has 160 valence electrons. The molecule has 0 radical (unpaired) electrons. The van der Waals surface area contributed by atoms with Crippen LogP contribution in [0, 0.1) is 5.92 Å². The summed E-state index contributed by atoms with van der Waals surface area (Å²) in [7, 11) is 0. The summed E-state index contributed by atoms with van der Waals surface area (Å²) in [5.41, 5.74) is 1.19. The summed E-state index contributed by atoms with van der Waals surface area (Å²) in [4.78, 5) is 35.2. The highest BCUT2D eigenvalue weighted by Crippen LogP contribution is 2.34. The van der Waals surface area contributed by atoms with Crippen LogP contribution in [0.25, 0.3) is 0 Å². The van der Waals surface area contributed by atoms with Gasteiger partial charge >= 0.3 is 0 Å². The Morgan fingerprint density at radius 2 is 1.79 bits per heavy atom. The molecular weight excluding hydrogens is 384 g/mol. The van der Waals surface area contributed by atoms with E-state index in [4.69, 9.17) is 4.98 Å². The number of carbonyl (C=O) groups excluding carboxylic acids is 2. The SMILES string of the molecule is CCC(=O)N1CCN(c2nc3c(s2)C[C@@H](C(=O)NC2CCCCCC2)CC3)CC1. The molecule has 2 aliphatic carbocycles. The number of carbonyl (C=O) groups is 2. The molecule has 1 N–H and O–H groups in total. The van der Waals surface area contributed by atoms with Crippen molar-refractivity contribution in [1.29, 1.82) is 0 Å². The van der Waals surface area contributed by atoms with Gasteiger partial charge in [0.25, 0.3) is 0 Å². The Morgan fingerprint density at radius 1 is 1.07 bits per heavy atom. The number of aryl methyl sites for hydroxylation is 1. The van der Waals surface area contributed by atoms with Gasteiger partial charge in [-0.05, 0) is 32.1 Å². The number of thiazole rings is 1. The van der Waals surface area contributed by atoms with Crippen molar-refractivity contribution in [3.8, 4) is 0 Å². The Balaban J connectivity index is 1.33. The summed E-state index contributed by atoms with van der Waals surface area (Å²) in [5.74, 6) is 0.591. The van der Waals surface area contributed by atoms with Crippen LogP contribution >= 0.6 is 11.3 Å². The van der Waals surface area contributed by atoms with E-state index in [9.17, 15) is 9.59 Å². The molecule has 1 aliphatic heterocycles. The van der Waals surface area contributed by atoms with Gasteiger partial charge in [0.05, 0.1) is 5.69 Å². The number of rotatable bonds is 4. The van der Waals surface area contributed by atoms with Crippen LogP contribution in [0.3, 0.4) is 0 Å². The third kappa shape index (κ3) is 4.93. The van der Waals surface area contributed by atoms with E-state index in [2.05, 4.69) is 10.2 Å². The summed E-state index contributed by atoms with van der Waals surface area (Å²) in [6, 6.07) is 0.380. The van der Waals surface area contributed by atoms with Gasteiger partial charge in [-0.1, -0.05) is 32.6 Å². The van der Waals surface area contributed by atoms with Gasteiger partial charge in [-0.25, -0.2) is 4.98 Å². The van der Waals surface area contributed by atoms with Gasteiger partial charge in [-0.2, -0.15) is 0 Å². The van der Waals surface area contributed by atoms with Gasteiger partial charge in [0.2, 0.25) is 11.8 Å². The maximum Gasteiger partial charge on any atom is 0.223 e. The Kier molecular flexibility index (Phi) is 6.73. The van der Waals surface area contributed by atoms with Crippen molar-refractivity contribution in [3.63, 3.8) is 0 Å². The molecule has 4 rings (SSSR count). The van der Waals surface area contributed by atoms with Gasteiger partial charge in [-0.3, -0.25) is 9.59 Å². The molecule has 6 nitrogen and oxygen atoms in total. The van der Waals surface area contributed by atoms with Crippen LogP contribution in [-0.4, -0.2) is 53.9 Å². The number of fused-ring (bicyclic) bond motifs is 1.